The van der Waals surface area contributed by atoms with Gasteiger partial charge < -0.3 is 5.11 Å². The van der Waals surface area contributed by atoms with Crippen molar-refractivity contribution in [3.8, 4) is 5.75 Å². The van der Waals surface area contributed by atoms with E-state index in [4.69, 9.17) is 0 Å². The minimum absolute atomic E-state index is 0.218. The molecule has 0 aliphatic heterocycles. The first-order valence-corrected chi connectivity index (χ1v) is 12.9. The second kappa shape index (κ2) is 13.6. The molecule has 0 atom stereocenters. The fourth-order valence-electron chi connectivity index (χ4n) is 5.02. The van der Waals surface area contributed by atoms with E-state index in [-0.39, 0.29) is 5.41 Å². The summed E-state index contributed by atoms with van der Waals surface area (Å²) in [6.45, 7) is 9.09. The van der Waals surface area contributed by atoms with Crippen molar-refractivity contribution in [2.45, 2.75) is 116 Å². The van der Waals surface area contributed by atoms with E-state index in [1.807, 2.05) is 6.07 Å². The van der Waals surface area contributed by atoms with Crippen LogP contribution >= 0.6 is 0 Å². The lowest BCUT2D eigenvalue weighted by Gasteiger charge is -2.32. The van der Waals surface area contributed by atoms with Crippen LogP contribution in [0, 0.1) is 0 Å². The second-order valence-electron chi connectivity index (χ2n) is 9.84. The minimum atomic E-state index is -0.218. The Bertz CT molecular complexity index is 717. The maximum absolute atomic E-state index is 11.0. The Hall–Kier alpha value is -1.76. The molecule has 0 radical (unpaired) electrons. The molecule has 2 aromatic rings. The van der Waals surface area contributed by atoms with Gasteiger partial charge in [-0.2, -0.15) is 0 Å². The van der Waals surface area contributed by atoms with Crippen molar-refractivity contribution >= 4 is 0 Å². The molecular formula is C30H46O. The van der Waals surface area contributed by atoms with E-state index in [1.165, 1.54) is 88.2 Å². The molecule has 0 aliphatic carbocycles. The highest BCUT2D eigenvalue weighted by Crippen LogP contribution is 2.43. The van der Waals surface area contributed by atoms with E-state index in [9.17, 15) is 5.11 Å². The molecule has 2 aromatic carbocycles. The van der Waals surface area contributed by atoms with Crippen LogP contribution in [0.1, 0.15) is 127 Å². The normalized spacial score (nSPS) is 11.9. The van der Waals surface area contributed by atoms with Gasteiger partial charge in [0.05, 0.1) is 0 Å². The van der Waals surface area contributed by atoms with Crippen molar-refractivity contribution in [3.05, 3.63) is 65.2 Å². The Kier molecular flexibility index (Phi) is 11.2. The molecular weight excluding hydrogens is 376 g/mol. The van der Waals surface area contributed by atoms with E-state index in [1.54, 1.807) is 0 Å². The SMILES string of the molecule is CCCCCCCC(CCCCCCC)c1cccc(O)c1C(C)(C)c1ccccc1. The first-order valence-electron chi connectivity index (χ1n) is 12.9. The highest BCUT2D eigenvalue weighted by atomic mass is 16.3. The predicted octanol–water partition coefficient (Wildman–Crippen LogP) is 9.52. The summed E-state index contributed by atoms with van der Waals surface area (Å²) in [5.74, 6) is 0.988. The molecule has 0 saturated heterocycles. The van der Waals surface area contributed by atoms with Crippen molar-refractivity contribution in [3.63, 3.8) is 0 Å². The minimum Gasteiger partial charge on any atom is -0.508 e. The van der Waals surface area contributed by atoms with Crippen LogP contribution in [0.4, 0.5) is 0 Å². The molecule has 0 amide bonds. The van der Waals surface area contributed by atoms with Crippen LogP contribution in [0.5, 0.6) is 5.75 Å². The van der Waals surface area contributed by atoms with Gasteiger partial charge in [-0.25, -0.2) is 0 Å². The lowest BCUT2D eigenvalue weighted by atomic mass is 9.72. The second-order valence-corrected chi connectivity index (χ2v) is 9.84. The standard InChI is InChI=1S/C30H46O/c1-5-7-9-11-14-19-25(20-15-12-10-8-6-2)27-23-18-24-28(31)29(27)30(3,4)26-21-16-13-17-22-26/h13,16-18,21-25,31H,5-12,14-15,19-20H2,1-4H3. The third-order valence-corrected chi connectivity index (χ3v) is 6.95. The molecule has 0 bridgehead atoms. The third kappa shape index (κ3) is 7.70. The van der Waals surface area contributed by atoms with Crippen LogP contribution in [0.25, 0.3) is 0 Å². The van der Waals surface area contributed by atoms with Gasteiger partial charge in [-0.05, 0) is 36.0 Å². The third-order valence-electron chi connectivity index (χ3n) is 6.95. The summed E-state index contributed by atoms with van der Waals surface area (Å²) < 4.78 is 0. The van der Waals surface area contributed by atoms with Gasteiger partial charge in [-0.3, -0.25) is 0 Å². The number of aromatic hydroxyl groups is 1. The highest BCUT2D eigenvalue weighted by molar-refractivity contribution is 5.51. The maximum Gasteiger partial charge on any atom is 0.119 e. The summed E-state index contributed by atoms with van der Waals surface area (Å²) in [7, 11) is 0. The van der Waals surface area contributed by atoms with Crippen molar-refractivity contribution < 1.29 is 5.11 Å². The average Bonchev–Trinajstić information content (AvgIpc) is 2.77. The molecule has 1 nitrogen and oxygen atoms in total. The zero-order chi connectivity index (χ0) is 22.5. The molecule has 0 spiro atoms. The lowest BCUT2D eigenvalue weighted by molar-refractivity contribution is 0.440. The summed E-state index contributed by atoms with van der Waals surface area (Å²) in [5.41, 5.74) is 3.56. The van der Waals surface area contributed by atoms with Gasteiger partial charge >= 0.3 is 0 Å². The smallest absolute Gasteiger partial charge is 0.119 e. The van der Waals surface area contributed by atoms with Crippen LogP contribution in [-0.2, 0) is 5.41 Å². The zero-order valence-corrected chi connectivity index (χ0v) is 20.6. The molecule has 0 unspecified atom stereocenters. The molecule has 31 heavy (non-hydrogen) atoms. The first-order chi connectivity index (χ1) is 15.0. The number of rotatable bonds is 15. The number of phenols is 1. The highest BCUT2D eigenvalue weighted by Gasteiger charge is 2.31. The molecule has 0 aliphatic rings. The molecule has 0 saturated carbocycles. The Morgan fingerprint density at radius 3 is 1.77 bits per heavy atom. The van der Waals surface area contributed by atoms with E-state index in [0.29, 0.717) is 11.7 Å². The molecule has 1 N–H and O–H groups in total. The molecule has 1 heteroatoms. The number of hydrogen-bond acceptors (Lipinski definition) is 1. The van der Waals surface area contributed by atoms with E-state index < -0.39 is 0 Å². The van der Waals surface area contributed by atoms with E-state index in [0.717, 1.165) is 5.56 Å². The largest absolute Gasteiger partial charge is 0.508 e. The van der Waals surface area contributed by atoms with Crippen molar-refractivity contribution in [1.82, 2.24) is 0 Å². The van der Waals surface area contributed by atoms with Crippen molar-refractivity contribution in [2.24, 2.45) is 0 Å². The fourth-order valence-corrected chi connectivity index (χ4v) is 5.02. The van der Waals surface area contributed by atoms with Crippen LogP contribution in [0.3, 0.4) is 0 Å². The van der Waals surface area contributed by atoms with E-state index >= 15 is 0 Å². The Morgan fingerprint density at radius 2 is 1.23 bits per heavy atom. The summed E-state index contributed by atoms with van der Waals surface area (Å²) in [4.78, 5) is 0. The monoisotopic (exact) mass is 422 g/mol. The van der Waals surface area contributed by atoms with Crippen molar-refractivity contribution in [2.75, 3.05) is 0 Å². The molecule has 0 fully saturated rings. The fraction of sp³-hybridized carbons (Fsp3) is 0.600. The molecule has 2 rings (SSSR count). The van der Waals surface area contributed by atoms with Gasteiger partial charge in [0.2, 0.25) is 0 Å². The number of unbranched alkanes of at least 4 members (excludes halogenated alkanes) is 8. The quantitative estimate of drug-likeness (QED) is 0.283. The summed E-state index contributed by atoms with van der Waals surface area (Å²) in [6, 6.07) is 16.9. The molecule has 172 valence electrons. The van der Waals surface area contributed by atoms with Gasteiger partial charge in [0, 0.05) is 11.0 Å². The Balaban J connectivity index is 2.27. The van der Waals surface area contributed by atoms with Gasteiger partial charge in [0.1, 0.15) is 5.75 Å². The van der Waals surface area contributed by atoms with Crippen LogP contribution < -0.4 is 0 Å². The van der Waals surface area contributed by atoms with Crippen molar-refractivity contribution in [1.29, 1.82) is 0 Å². The van der Waals surface area contributed by atoms with E-state index in [2.05, 4.69) is 70.2 Å². The van der Waals surface area contributed by atoms with Gasteiger partial charge in [-0.15, -0.1) is 0 Å². The summed E-state index contributed by atoms with van der Waals surface area (Å²) in [5, 5.41) is 11.0. The lowest BCUT2D eigenvalue weighted by Crippen LogP contribution is -2.22. The molecule has 0 aromatic heterocycles. The molecule has 0 heterocycles. The average molecular weight is 423 g/mol. The summed E-state index contributed by atoms with van der Waals surface area (Å²) >= 11 is 0. The number of benzene rings is 2. The Morgan fingerprint density at radius 1 is 0.677 bits per heavy atom. The number of hydrogen-bond donors (Lipinski definition) is 1. The van der Waals surface area contributed by atoms with Crippen LogP contribution in [0.2, 0.25) is 0 Å². The topological polar surface area (TPSA) is 20.2 Å². The number of phenolic OH excluding ortho intramolecular Hbond substituents is 1. The first kappa shape index (κ1) is 25.5. The Labute approximate surface area is 192 Å². The van der Waals surface area contributed by atoms with Crippen LogP contribution in [-0.4, -0.2) is 5.11 Å². The summed E-state index contributed by atoms with van der Waals surface area (Å²) in [6.07, 6.45) is 15.7. The van der Waals surface area contributed by atoms with Crippen LogP contribution in [0.15, 0.2) is 48.5 Å². The van der Waals surface area contributed by atoms with Gasteiger partial charge in [0.15, 0.2) is 0 Å². The van der Waals surface area contributed by atoms with Gasteiger partial charge in [-0.1, -0.05) is 134 Å². The predicted molar refractivity (Wildman–Crippen MR) is 136 cm³/mol. The maximum atomic E-state index is 11.0. The van der Waals surface area contributed by atoms with Gasteiger partial charge in [0.25, 0.3) is 0 Å². The zero-order valence-electron chi connectivity index (χ0n) is 20.6.